The van der Waals surface area contributed by atoms with Crippen LogP contribution in [-0.4, -0.2) is 5.33 Å². The number of hydrogen-bond acceptors (Lipinski definition) is 0. The number of hydrogen-bond donors (Lipinski definition) is 0. The van der Waals surface area contributed by atoms with Crippen LogP contribution in [0, 0.1) is 11.7 Å². The van der Waals surface area contributed by atoms with Gasteiger partial charge in [-0.2, -0.15) is 0 Å². The topological polar surface area (TPSA) is 0 Å². The molecular formula is C12H14BrF. The van der Waals surface area contributed by atoms with Gasteiger partial charge in [0.2, 0.25) is 0 Å². The molecule has 0 radical (unpaired) electrons. The Morgan fingerprint density at radius 3 is 2.86 bits per heavy atom. The summed E-state index contributed by atoms with van der Waals surface area (Å²) >= 11 is 3.51. The molecule has 0 aromatic heterocycles. The molecule has 1 aromatic rings. The summed E-state index contributed by atoms with van der Waals surface area (Å²) in [5.74, 6) is 0.574. The van der Waals surface area contributed by atoms with Crippen LogP contribution in [0.1, 0.15) is 25.3 Å². The molecule has 0 nitrogen and oxygen atoms in total. The Balaban J connectivity index is 2.30. The summed E-state index contributed by atoms with van der Waals surface area (Å²) in [5, 5.41) is 1.03. The minimum absolute atomic E-state index is 0.115. The molecule has 2 unspecified atom stereocenters. The molecule has 0 spiro atoms. The predicted molar refractivity (Wildman–Crippen MR) is 60.3 cm³/mol. The fourth-order valence-corrected chi connectivity index (χ4v) is 3.22. The molecule has 1 aliphatic carbocycles. The van der Waals surface area contributed by atoms with Crippen molar-refractivity contribution >= 4 is 15.9 Å². The SMILES string of the molecule is CCC1(c2cccc(F)c2)CC1CBr. The zero-order valence-corrected chi connectivity index (χ0v) is 9.85. The third-order valence-electron chi connectivity index (χ3n) is 3.45. The van der Waals surface area contributed by atoms with Gasteiger partial charge in [0.25, 0.3) is 0 Å². The van der Waals surface area contributed by atoms with Gasteiger partial charge in [0, 0.05) is 5.33 Å². The van der Waals surface area contributed by atoms with E-state index in [0.29, 0.717) is 5.92 Å². The second-order valence-electron chi connectivity index (χ2n) is 4.08. The van der Waals surface area contributed by atoms with E-state index in [1.807, 2.05) is 6.07 Å². The highest BCUT2D eigenvalue weighted by Gasteiger charge is 2.52. The van der Waals surface area contributed by atoms with Crippen molar-refractivity contribution in [3.8, 4) is 0 Å². The lowest BCUT2D eigenvalue weighted by Crippen LogP contribution is -2.09. The fraction of sp³-hybridized carbons (Fsp3) is 0.500. The van der Waals surface area contributed by atoms with E-state index in [1.54, 1.807) is 6.07 Å². The number of rotatable bonds is 3. The first kappa shape index (κ1) is 10.2. The summed E-state index contributed by atoms with van der Waals surface area (Å²) < 4.78 is 13.1. The van der Waals surface area contributed by atoms with E-state index >= 15 is 0 Å². The van der Waals surface area contributed by atoms with Crippen molar-refractivity contribution in [1.29, 1.82) is 0 Å². The summed E-state index contributed by atoms with van der Waals surface area (Å²) in [6.45, 7) is 2.19. The maximum absolute atomic E-state index is 13.1. The maximum atomic E-state index is 13.1. The highest BCUT2D eigenvalue weighted by molar-refractivity contribution is 9.09. The molecule has 14 heavy (non-hydrogen) atoms. The van der Waals surface area contributed by atoms with Gasteiger partial charge in [0.1, 0.15) is 5.82 Å². The monoisotopic (exact) mass is 256 g/mol. The highest BCUT2D eigenvalue weighted by atomic mass is 79.9. The summed E-state index contributed by atoms with van der Waals surface area (Å²) in [4.78, 5) is 0. The van der Waals surface area contributed by atoms with E-state index in [1.165, 1.54) is 18.1 Å². The molecular weight excluding hydrogens is 243 g/mol. The third-order valence-corrected chi connectivity index (χ3v) is 4.23. The van der Waals surface area contributed by atoms with Gasteiger partial charge in [-0.3, -0.25) is 0 Å². The molecule has 1 aliphatic rings. The van der Waals surface area contributed by atoms with Crippen LogP contribution in [0.5, 0.6) is 0 Å². The quantitative estimate of drug-likeness (QED) is 0.720. The standard InChI is InChI=1S/C12H14BrF/c1-2-12(7-10(12)8-13)9-4-3-5-11(14)6-9/h3-6,10H,2,7-8H2,1H3. The Hall–Kier alpha value is -0.370. The van der Waals surface area contributed by atoms with E-state index in [9.17, 15) is 4.39 Å². The van der Waals surface area contributed by atoms with Crippen LogP contribution in [0.25, 0.3) is 0 Å². The average Bonchev–Trinajstić information content (AvgIpc) is 2.93. The molecule has 1 saturated carbocycles. The van der Waals surface area contributed by atoms with Crippen molar-refractivity contribution < 1.29 is 4.39 Å². The van der Waals surface area contributed by atoms with Gasteiger partial charge in [0.05, 0.1) is 0 Å². The van der Waals surface area contributed by atoms with E-state index < -0.39 is 0 Å². The van der Waals surface area contributed by atoms with Crippen LogP contribution in [0.2, 0.25) is 0 Å². The molecule has 0 saturated heterocycles. The maximum Gasteiger partial charge on any atom is 0.123 e. The zero-order chi connectivity index (χ0) is 10.2. The van der Waals surface area contributed by atoms with Crippen molar-refractivity contribution in [2.45, 2.75) is 25.2 Å². The van der Waals surface area contributed by atoms with Crippen LogP contribution in [0.3, 0.4) is 0 Å². The first-order valence-electron chi connectivity index (χ1n) is 5.05. The van der Waals surface area contributed by atoms with Gasteiger partial charge < -0.3 is 0 Å². The van der Waals surface area contributed by atoms with Gasteiger partial charge in [-0.05, 0) is 41.9 Å². The fourth-order valence-electron chi connectivity index (χ4n) is 2.37. The molecule has 2 atom stereocenters. The van der Waals surface area contributed by atoms with Gasteiger partial charge in [-0.15, -0.1) is 0 Å². The average molecular weight is 257 g/mol. The van der Waals surface area contributed by atoms with Crippen molar-refractivity contribution in [1.82, 2.24) is 0 Å². The van der Waals surface area contributed by atoms with Crippen LogP contribution in [-0.2, 0) is 5.41 Å². The van der Waals surface area contributed by atoms with Crippen LogP contribution >= 0.6 is 15.9 Å². The molecule has 0 N–H and O–H groups in total. The number of alkyl halides is 1. The smallest absolute Gasteiger partial charge is 0.123 e. The summed E-state index contributed by atoms with van der Waals surface area (Å²) in [7, 11) is 0. The lowest BCUT2D eigenvalue weighted by Gasteiger charge is -2.14. The van der Waals surface area contributed by atoms with Crippen molar-refractivity contribution in [2.75, 3.05) is 5.33 Å². The second-order valence-corrected chi connectivity index (χ2v) is 4.72. The lowest BCUT2D eigenvalue weighted by atomic mass is 9.91. The first-order chi connectivity index (χ1) is 6.73. The van der Waals surface area contributed by atoms with Crippen LogP contribution < -0.4 is 0 Å². The Labute approximate surface area is 92.6 Å². The van der Waals surface area contributed by atoms with Gasteiger partial charge in [-0.25, -0.2) is 4.39 Å². The van der Waals surface area contributed by atoms with Gasteiger partial charge in [-0.1, -0.05) is 35.0 Å². The summed E-state index contributed by atoms with van der Waals surface area (Å²) in [5.41, 5.74) is 1.43. The predicted octanol–water partition coefficient (Wildman–Crippen LogP) is 3.89. The van der Waals surface area contributed by atoms with Gasteiger partial charge in [0.15, 0.2) is 0 Å². The Morgan fingerprint density at radius 2 is 2.36 bits per heavy atom. The van der Waals surface area contributed by atoms with E-state index in [-0.39, 0.29) is 11.2 Å². The molecule has 2 heteroatoms. The highest BCUT2D eigenvalue weighted by Crippen LogP contribution is 2.57. The normalized spacial score (nSPS) is 30.4. The zero-order valence-electron chi connectivity index (χ0n) is 8.26. The molecule has 76 valence electrons. The Kier molecular flexibility index (Phi) is 2.65. The van der Waals surface area contributed by atoms with E-state index in [2.05, 4.69) is 28.9 Å². The Bertz CT molecular complexity index is 337. The van der Waals surface area contributed by atoms with E-state index in [4.69, 9.17) is 0 Å². The first-order valence-corrected chi connectivity index (χ1v) is 6.17. The molecule has 1 aromatic carbocycles. The molecule has 1 fully saturated rings. The van der Waals surface area contributed by atoms with Crippen molar-refractivity contribution in [3.63, 3.8) is 0 Å². The largest absolute Gasteiger partial charge is 0.207 e. The molecule has 0 bridgehead atoms. The minimum Gasteiger partial charge on any atom is -0.207 e. The van der Waals surface area contributed by atoms with Gasteiger partial charge >= 0.3 is 0 Å². The van der Waals surface area contributed by atoms with Crippen LogP contribution in [0.4, 0.5) is 4.39 Å². The summed E-state index contributed by atoms with van der Waals surface area (Å²) in [6.07, 6.45) is 2.30. The Morgan fingerprint density at radius 1 is 1.57 bits per heavy atom. The number of benzene rings is 1. The molecule has 0 aliphatic heterocycles. The van der Waals surface area contributed by atoms with Crippen molar-refractivity contribution in [2.24, 2.45) is 5.92 Å². The van der Waals surface area contributed by atoms with Crippen LogP contribution in [0.15, 0.2) is 24.3 Å². The van der Waals surface area contributed by atoms with E-state index in [0.717, 1.165) is 11.8 Å². The molecule has 2 rings (SSSR count). The second kappa shape index (κ2) is 3.65. The summed E-state index contributed by atoms with van der Waals surface area (Å²) in [6, 6.07) is 7.06. The number of halogens is 2. The lowest BCUT2D eigenvalue weighted by molar-refractivity contribution is 0.589. The van der Waals surface area contributed by atoms with Crippen molar-refractivity contribution in [3.05, 3.63) is 35.6 Å². The third kappa shape index (κ3) is 1.50. The molecule has 0 heterocycles. The molecule has 0 amide bonds. The minimum atomic E-state index is -0.115.